The Morgan fingerprint density at radius 1 is 0.967 bits per heavy atom. The molecule has 0 radical (unpaired) electrons. The van der Waals surface area contributed by atoms with Crippen LogP contribution in [0, 0.1) is 0 Å². The number of nitrogens with zero attached hydrogens (tertiary/aromatic N) is 3. The fourth-order valence-electron chi connectivity index (χ4n) is 3.02. The zero-order valence-electron chi connectivity index (χ0n) is 16.2. The van der Waals surface area contributed by atoms with Crippen LogP contribution in [0.5, 0.6) is 5.88 Å². The van der Waals surface area contributed by atoms with Crippen molar-refractivity contribution in [2.45, 2.75) is 19.2 Å². The van der Waals surface area contributed by atoms with Gasteiger partial charge in [0.15, 0.2) is 6.10 Å². The first-order valence-corrected chi connectivity index (χ1v) is 11.5. The van der Waals surface area contributed by atoms with Gasteiger partial charge >= 0.3 is 6.18 Å². The Morgan fingerprint density at radius 3 is 2.30 bits per heavy atom. The third-order valence-corrected chi connectivity index (χ3v) is 6.81. The van der Waals surface area contributed by atoms with Crippen LogP contribution < -0.4 is 9.64 Å². The maximum absolute atomic E-state index is 12.6. The third-order valence-electron chi connectivity index (χ3n) is 4.78. The molecule has 1 atom stereocenters. The SMILES string of the molecule is CC(Oc1ccc(-c2ncc(-c3ccc(N4CCSCC4)cc3)s2)cn1)C(F)(F)F. The number of hydrogen-bond donors (Lipinski definition) is 0. The lowest BCUT2D eigenvalue weighted by atomic mass is 10.2. The summed E-state index contributed by atoms with van der Waals surface area (Å²) in [5.41, 5.74) is 3.05. The van der Waals surface area contributed by atoms with Gasteiger partial charge in [-0.2, -0.15) is 24.9 Å². The molecule has 2 aromatic heterocycles. The summed E-state index contributed by atoms with van der Waals surface area (Å²) in [6.45, 7) is 3.10. The molecule has 158 valence electrons. The van der Waals surface area contributed by atoms with Crippen molar-refractivity contribution in [1.82, 2.24) is 9.97 Å². The van der Waals surface area contributed by atoms with E-state index in [4.69, 9.17) is 4.74 Å². The Hall–Kier alpha value is -2.26. The zero-order valence-corrected chi connectivity index (χ0v) is 17.9. The molecule has 4 rings (SSSR count). The van der Waals surface area contributed by atoms with E-state index in [1.165, 1.54) is 29.3 Å². The van der Waals surface area contributed by atoms with Gasteiger partial charge in [0.1, 0.15) is 5.01 Å². The average molecular weight is 452 g/mol. The number of anilines is 1. The Bertz CT molecular complexity index is 968. The molecule has 1 aliphatic heterocycles. The summed E-state index contributed by atoms with van der Waals surface area (Å²) >= 11 is 3.50. The van der Waals surface area contributed by atoms with E-state index >= 15 is 0 Å². The summed E-state index contributed by atoms with van der Waals surface area (Å²) in [5, 5.41) is 0.755. The lowest BCUT2D eigenvalue weighted by molar-refractivity contribution is -0.189. The first-order chi connectivity index (χ1) is 14.4. The van der Waals surface area contributed by atoms with Gasteiger partial charge in [-0.3, -0.25) is 0 Å². The number of rotatable bonds is 5. The number of thioether (sulfide) groups is 1. The highest BCUT2D eigenvalue weighted by molar-refractivity contribution is 7.99. The van der Waals surface area contributed by atoms with Crippen LogP contribution in [0.2, 0.25) is 0 Å². The van der Waals surface area contributed by atoms with Crippen LogP contribution in [-0.2, 0) is 0 Å². The van der Waals surface area contributed by atoms with Crippen molar-refractivity contribution in [3.63, 3.8) is 0 Å². The maximum Gasteiger partial charge on any atom is 0.425 e. The fourth-order valence-corrected chi connectivity index (χ4v) is 4.84. The number of benzene rings is 1. The summed E-state index contributed by atoms with van der Waals surface area (Å²) in [5.74, 6) is 2.26. The maximum atomic E-state index is 12.6. The van der Waals surface area contributed by atoms with E-state index in [0.29, 0.717) is 0 Å². The predicted molar refractivity (Wildman–Crippen MR) is 116 cm³/mol. The second kappa shape index (κ2) is 8.85. The molecule has 0 spiro atoms. The predicted octanol–water partition coefficient (Wildman–Crippen LogP) is 5.75. The molecule has 0 amide bonds. The molecule has 4 nitrogen and oxygen atoms in total. The fraction of sp³-hybridized carbons (Fsp3) is 0.333. The van der Waals surface area contributed by atoms with Gasteiger partial charge in [0.2, 0.25) is 5.88 Å². The van der Waals surface area contributed by atoms with Crippen molar-refractivity contribution in [3.05, 3.63) is 48.8 Å². The topological polar surface area (TPSA) is 38.2 Å². The van der Waals surface area contributed by atoms with E-state index in [2.05, 4.69) is 39.1 Å². The second-order valence-corrected chi connectivity index (χ2v) is 9.12. The summed E-state index contributed by atoms with van der Waals surface area (Å²) in [6.07, 6.45) is -3.04. The summed E-state index contributed by atoms with van der Waals surface area (Å²) in [7, 11) is 0. The Kier molecular flexibility index (Phi) is 6.19. The summed E-state index contributed by atoms with van der Waals surface area (Å²) in [4.78, 5) is 11.9. The van der Waals surface area contributed by atoms with Gasteiger partial charge in [-0.15, -0.1) is 11.3 Å². The summed E-state index contributed by atoms with van der Waals surface area (Å²) < 4.78 is 42.7. The molecular formula is C21H20F3N3OS2. The van der Waals surface area contributed by atoms with Crippen LogP contribution in [0.25, 0.3) is 21.0 Å². The highest BCUT2D eigenvalue weighted by Gasteiger charge is 2.38. The minimum Gasteiger partial charge on any atom is -0.465 e. The zero-order chi connectivity index (χ0) is 21.1. The van der Waals surface area contributed by atoms with Gasteiger partial charge in [-0.25, -0.2) is 9.97 Å². The molecule has 9 heteroatoms. The Labute approximate surface area is 181 Å². The average Bonchev–Trinajstić information content (AvgIpc) is 3.25. The number of ether oxygens (including phenoxy) is 1. The van der Waals surface area contributed by atoms with Crippen molar-refractivity contribution in [3.8, 4) is 26.9 Å². The van der Waals surface area contributed by atoms with Gasteiger partial charge in [-0.1, -0.05) is 12.1 Å². The molecule has 0 saturated carbocycles. The number of halogens is 3. The van der Waals surface area contributed by atoms with E-state index in [-0.39, 0.29) is 5.88 Å². The van der Waals surface area contributed by atoms with Gasteiger partial charge in [0.25, 0.3) is 0 Å². The smallest absolute Gasteiger partial charge is 0.425 e. The molecular weight excluding hydrogens is 431 g/mol. The van der Waals surface area contributed by atoms with Crippen LogP contribution in [0.3, 0.4) is 0 Å². The minimum absolute atomic E-state index is 0.0629. The van der Waals surface area contributed by atoms with E-state index in [9.17, 15) is 13.2 Å². The van der Waals surface area contributed by atoms with E-state index < -0.39 is 12.3 Å². The summed E-state index contributed by atoms with van der Waals surface area (Å²) in [6, 6.07) is 11.6. The van der Waals surface area contributed by atoms with Crippen LogP contribution in [0.1, 0.15) is 6.92 Å². The van der Waals surface area contributed by atoms with E-state index in [1.807, 2.05) is 18.0 Å². The van der Waals surface area contributed by atoms with Crippen LogP contribution in [-0.4, -0.2) is 46.8 Å². The largest absolute Gasteiger partial charge is 0.465 e. The molecule has 3 aromatic rings. The molecule has 1 aliphatic rings. The van der Waals surface area contributed by atoms with Crippen molar-refractivity contribution in [2.24, 2.45) is 0 Å². The highest BCUT2D eigenvalue weighted by atomic mass is 32.2. The van der Waals surface area contributed by atoms with Crippen LogP contribution in [0.4, 0.5) is 18.9 Å². The number of thiazole rings is 1. The van der Waals surface area contributed by atoms with E-state index in [0.717, 1.165) is 52.5 Å². The molecule has 1 unspecified atom stereocenters. The van der Waals surface area contributed by atoms with Gasteiger partial charge < -0.3 is 9.64 Å². The molecule has 0 aliphatic carbocycles. The normalized spacial score (nSPS) is 15.8. The Morgan fingerprint density at radius 2 is 1.67 bits per heavy atom. The van der Waals surface area contributed by atoms with Crippen molar-refractivity contribution in [1.29, 1.82) is 0 Å². The third kappa shape index (κ3) is 4.89. The van der Waals surface area contributed by atoms with Crippen molar-refractivity contribution >= 4 is 28.8 Å². The standard InChI is InChI=1S/C21H20F3N3OS2/c1-14(21(22,23)24)28-19-7-4-16(12-25-19)20-26-13-18(30-20)15-2-5-17(6-3-15)27-8-10-29-11-9-27/h2-7,12-14H,8-11H2,1H3. The first-order valence-electron chi connectivity index (χ1n) is 9.49. The highest BCUT2D eigenvalue weighted by Crippen LogP contribution is 2.33. The van der Waals surface area contributed by atoms with E-state index in [1.54, 1.807) is 6.07 Å². The molecule has 1 aromatic carbocycles. The van der Waals surface area contributed by atoms with Crippen LogP contribution in [0.15, 0.2) is 48.8 Å². The number of aromatic nitrogens is 2. The molecule has 0 bridgehead atoms. The van der Waals surface area contributed by atoms with Crippen LogP contribution >= 0.6 is 23.1 Å². The van der Waals surface area contributed by atoms with Crippen molar-refractivity contribution < 1.29 is 17.9 Å². The van der Waals surface area contributed by atoms with Gasteiger partial charge in [0, 0.05) is 54.3 Å². The van der Waals surface area contributed by atoms with Gasteiger partial charge in [-0.05, 0) is 30.7 Å². The second-order valence-electron chi connectivity index (χ2n) is 6.86. The monoisotopic (exact) mass is 451 g/mol. The molecule has 3 heterocycles. The molecule has 0 N–H and O–H groups in total. The molecule has 1 saturated heterocycles. The molecule has 30 heavy (non-hydrogen) atoms. The lowest BCUT2D eigenvalue weighted by Crippen LogP contribution is -2.32. The number of pyridine rings is 1. The first kappa shape index (κ1) is 21.0. The van der Waals surface area contributed by atoms with Gasteiger partial charge in [0.05, 0.1) is 4.88 Å². The number of alkyl halides is 3. The lowest BCUT2D eigenvalue weighted by Gasteiger charge is -2.28. The number of hydrogen-bond acceptors (Lipinski definition) is 6. The Balaban J connectivity index is 1.45. The quantitative estimate of drug-likeness (QED) is 0.494. The van der Waals surface area contributed by atoms with Crippen molar-refractivity contribution in [2.75, 3.05) is 29.5 Å². The molecule has 1 fully saturated rings. The minimum atomic E-state index is -4.42.